The lowest BCUT2D eigenvalue weighted by Gasteiger charge is -2.15. The van der Waals surface area contributed by atoms with Gasteiger partial charge in [-0.25, -0.2) is 0 Å². The molecular formula is C12H25N3S2. The van der Waals surface area contributed by atoms with Gasteiger partial charge in [-0.1, -0.05) is 6.92 Å². The normalized spacial score (nSPS) is 22.5. The first-order valence-electron chi connectivity index (χ1n) is 6.42. The molecule has 0 aromatic rings. The van der Waals surface area contributed by atoms with Gasteiger partial charge >= 0.3 is 0 Å². The number of nitrogens with zero attached hydrogens (tertiary/aromatic N) is 1. The summed E-state index contributed by atoms with van der Waals surface area (Å²) in [7, 11) is 0. The SMILES string of the molecule is CCNC(=NCC(C)SC)NCC1CCCS1. The lowest BCUT2D eigenvalue weighted by atomic mass is 10.2. The lowest BCUT2D eigenvalue weighted by Crippen LogP contribution is -2.40. The van der Waals surface area contributed by atoms with Gasteiger partial charge in [-0.3, -0.25) is 4.99 Å². The van der Waals surface area contributed by atoms with Crippen LogP contribution >= 0.6 is 23.5 Å². The Morgan fingerprint density at radius 2 is 2.35 bits per heavy atom. The molecule has 0 bridgehead atoms. The Kier molecular flexibility index (Phi) is 7.93. The van der Waals surface area contributed by atoms with E-state index in [1.54, 1.807) is 0 Å². The van der Waals surface area contributed by atoms with Crippen molar-refractivity contribution >= 4 is 29.5 Å². The van der Waals surface area contributed by atoms with Crippen LogP contribution in [0.15, 0.2) is 4.99 Å². The van der Waals surface area contributed by atoms with Crippen LogP contribution in [0, 0.1) is 0 Å². The molecule has 0 spiro atoms. The van der Waals surface area contributed by atoms with Crippen molar-refractivity contribution in [1.82, 2.24) is 10.6 Å². The molecule has 0 saturated carbocycles. The molecule has 3 nitrogen and oxygen atoms in total. The molecule has 5 heteroatoms. The van der Waals surface area contributed by atoms with E-state index in [0.29, 0.717) is 5.25 Å². The van der Waals surface area contributed by atoms with Gasteiger partial charge in [0.15, 0.2) is 5.96 Å². The maximum absolute atomic E-state index is 4.61. The molecule has 1 aliphatic heterocycles. The highest BCUT2D eigenvalue weighted by Crippen LogP contribution is 2.25. The molecule has 0 aliphatic carbocycles. The van der Waals surface area contributed by atoms with Crippen molar-refractivity contribution in [3.8, 4) is 0 Å². The maximum atomic E-state index is 4.61. The van der Waals surface area contributed by atoms with Crippen molar-refractivity contribution in [3.63, 3.8) is 0 Å². The maximum Gasteiger partial charge on any atom is 0.191 e. The molecule has 0 aromatic carbocycles. The summed E-state index contributed by atoms with van der Waals surface area (Å²) in [5, 5.41) is 8.12. The second-order valence-electron chi connectivity index (χ2n) is 4.28. The lowest BCUT2D eigenvalue weighted by molar-refractivity contribution is 0.726. The molecule has 1 fully saturated rings. The Balaban J connectivity index is 2.30. The van der Waals surface area contributed by atoms with Gasteiger partial charge in [-0.2, -0.15) is 23.5 Å². The van der Waals surface area contributed by atoms with Crippen LogP contribution in [0.4, 0.5) is 0 Å². The van der Waals surface area contributed by atoms with Gasteiger partial charge in [0.05, 0.1) is 6.54 Å². The summed E-state index contributed by atoms with van der Waals surface area (Å²) in [6, 6.07) is 0. The van der Waals surface area contributed by atoms with Gasteiger partial charge < -0.3 is 10.6 Å². The zero-order valence-corrected chi connectivity index (χ0v) is 12.8. The monoisotopic (exact) mass is 275 g/mol. The first-order valence-corrected chi connectivity index (χ1v) is 8.76. The Hall–Kier alpha value is -0.0300. The third kappa shape index (κ3) is 6.46. The topological polar surface area (TPSA) is 36.4 Å². The highest BCUT2D eigenvalue weighted by atomic mass is 32.2. The minimum atomic E-state index is 0.589. The Bertz CT molecular complexity index is 228. The van der Waals surface area contributed by atoms with Crippen molar-refractivity contribution in [2.45, 2.75) is 37.2 Å². The highest BCUT2D eigenvalue weighted by Gasteiger charge is 2.15. The van der Waals surface area contributed by atoms with E-state index in [0.717, 1.165) is 30.8 Å². The van der Waals surface area contributed by atoms with Crippen LogP contribution in [-0.2, 0) is 0 Å². The Morgan fingerprint density at radius 1 is 1.53 bits per heavy atom. The summed E-state index contributed by atoms with van der Waals surface area (Å²) >= 11 is 3.94. The molecule has 2 unspecified atom stereocenters. The standard InChI is InChI=1S/C12H25N3S2/c1-4-13-12(14-8-10(2)16-3)15-9-11-6-5-7-17-11/h10-11H,4-9H2,1-3H3,(H2,13,14,15). The van der Waals surface area contributed by atoms with Crippen molar-refractivity contribution in [2.75, 3.05) is 31.6 Å². The smallest absolute Gasteiger partial charge is 0.191 e. The molecule has 0 aromatic heterocycles. The quantitative estimate of drug-likeness (QED) is 0.575. The number of rotatable bonds is 6. The third-order valence-corrected chi connectivity index (χ3v) is 5.13. The van der Waals surface area contributed by atoms with Gasteiger partial charge in [0.1, 0.15) is 0 Å². The van der Waals surface area contributed by atoms with E-state index in [-0.39, 0.29) is 0 Å². The number of aliphatic imine (C=N–C) groups is 1. The number of guanidine groups is 1. The summed E-state index contributed by atoms with van der Waals surface area (Å²) in [6.45, 7) is 7.18. The fraction of sp³-hybridized carbons (Fsp3) is 0.917. The number of hydrogen-bond donors (Lipinski definition) is 2. The third-order valence-electron chi connectivity index (χ3n) is 2.77. The van der Waals surface area contributed by atoms with Gasteiger partial charge in [0.2, 0.25) is 0 Å². The van der Waals surface area contributed by atoms with Crippen LogP contribution < -0.4 is 10.6 Å². The van der Waals surface area contributed by atoms with Crippen molar-refractivity contribution in [2.24, 2.45) is 4.99 Å². The summed E-state index contributed by atoms with van der Waals surface area (Å²) in [5.74, 6) is 2.30. The molecule has 1 saturated heterocycles. The largest absolute Gasteiger partial charge is 0.357 e. The fourth-order valence-corrected chi connectivity index (χ4v) is 3.08. The predicted octanol–water partition coefficient (Wildman–Crippen LogP) is 2.19. The fourth-order valence-electron chi connectivity index (χ4n) is 1.65. The zero-order chi connectivity index (χ0) is 12.5. The Morgan fingerprint density at radius 3 is 2.94 bits per heavy atom. The first-order chi connectivity index (χ1) is 8.26. The van der Waals surface area contributed by atoms with Crippen molar-refractivity contribution in [3.05, 3.63) is 0 Å². The van der Waals surface area contributed by atoms with E-state index in [9.17, 15) is 0 Å². The molecule has 0 radical (unpaired) electrons. The van der Waals surface area contributed by atoms with Crippen LogP contribution in [0.25, 0.3) is 0 Å². The number of thioether (sulfide) groups is 2. The van der Waals surface area contributed by atoms with Crippen LogP contribution in [-0.4, -0.2) is 48.1 Å². The van der Waals surface area contributed by atoms with Crippen LogP contribution in [0.3, 0.4) is 0 Å². The molecule has 0 amide bonds. The van der Waals surface area contributed by atoms with Crippen LogP contribution in [0.5, 0.6) is 0 Å². The van der Waals surface area contributed by atoms with Gasteiger partial charge in [-0.15, -0.1) is 0 Å². The zero-order valence-electron chi connectivity index (χ0n) is 11.2. The van der Waals surface area contributed by atoms with Gasteiger partial charge in [0.25, 0.3) is 0 Å². The summed E-state index contributed by atoms with van der Waals surface area (Å²) < 4.78 is 0. The minimum Gasteiger partial charge on any atom is -0.357 e. The molecule has 1 rings (SSSR count). The molecule has 17 heavy (non-hydrogen) atoms. The number of nitrogens with one attached hydrogen (secondary N) is 2. The van der Waals surface area contributed by atoms with E-state index in [1.165, 1.54) is 18.6 Å². The van der Waals surface area contributed by atoms with Crippen LogP contribution in [0.1, 0.15) is 26.7 Å². The summed E-state index contributed by atoms with van der Waals surface area (Å²) in [6.07, 6.45) is 4.85. The van der Waals surface area contributed by atoms with E-state index >= 15 is 0 Å². The molecule has 100 valence electrons. The second kappa shape index (κ2) is 8.97. The molecule has 1 aliphatic rings. The molecule has 2 N–H and O–H groups in total. The van der Waals surface area contributed by atoms with Gasteiger partial charge in [-0.05, 0) is 31.8 Å². The highest BCUT2D eigenvalue weighted by molar-refractivity contribution is 8.00. The van der Waals surface area contributed by atoms with Gasteiger partial charge in [0, 0.05) is 23.6 Å². The van der Waals surface area contributed by atoms with E-state index < -0.39 is 0 Å². The van der Waals surface area contributed by atoms with Crippen molar-refractivity contribution in [1.29, 1.82) is 0 Å². The number of hydrogen-bond acceptors (Lipinski definition) is 3. The minimum absolute atomic E-state index is 0.589. The summed E-state index contributed by atoms with van der Waals surface area (Å²) in [5.41, 5.74) is 0. The van der Waals surface area contributed by atoms with E-state index in [2.05, 4.69) is 47.5 Å². The van der Waals surface area contributed by atoms with E-state index in [1.807, 2.05) is 11.8 Å². The molecular weight excluding hydrogens is 250 g/mol. The average molecular weight is 275 g/mol. The Labute approximate surface area is 114 Å². The first kappa shape index (κ1) is 15.0. The predicted molar refractivity (Wildman–Crippen MR) is 82.4 cm³/mol. The average Bonchev–Trinajstić information content (AvgIpc) is 2.85. The van der Waals surface area contributed by atoms with E-state index in [4.69, 9.17) is 0 Å². The second-order valence-corrected chi connectivity index (χ2v) is 6.97. The molecule has 2 atom stereocenters. The molecule has 1 heterocycles. The van der Waals surface area contributed by atoms with Crippen LogP contribution in [0.2, 0.25) is 0 Å². The van der Waals surface area contributed by atoms with Crippen molar-refractivity contribution < 1.29 is 0 Å². The summed E-state index contributed by atoms with van der Waals surface area (Å²) in [4.78, 5) is 4.61.